The van der Waals surface area contributed by atoms with Crippen LogP contribution in [0.4, 0.5) is 5.82 Å². The molecule has 23 heavy (non-hydrogen) atoms. The Hall–Kier alpha value is -1.87. The van der Waals surface area contributed by atoms with E-state index in [2.05, 4.69) is 51.6 Å². The zero-order chi connectivity index (χ0) is 15.5. The highest BCUT2D eigenvalue weighted by Crippen LogP contribution is 2.23. The molecule has 1 saturated heterocycles. The number of benzene rings is 1. The van der Waals surface area contributed by atoms with E-state index < -0.39 is 0 Å². The van der Waals surface area contributed by atoms with Gasteiger partial charge in [0, 0.05) is 31.4 Å². The number of nitrogens with one attached hydrogen (secondary N) is 1. The summed E-state index contributed by atoms with van der Waals surface area (Å²) in [5.74, 6) is 1.12. The van der Waals surface area contributed by atoms with Crippen LogP contribution >= 0.6 is 0 Å². The fourth-order valence-electron chi connectivity index (χ4n) is 3.99. The minimum Gasteiger partial charge on any atom is -0.357 e. The molecular formula is C20H25N3. The van der Waals surface area contributed by atoms with Crippen molar-refractivity contribution in [1.29, 1.82) is 0 Å². The second-order valence-corrected chi connectivity index (χ2v) is 6.82. The van der Waals surface area contributed by atoms with Gasteiger partial charge in [-0.3, -0.25) is 0 Å². The lowest BCUT2D eigenvalue weighted by Crippen LogP contribution is -2.48. The molecule has 1 unspecified atom stereocenters. The van der Waals surface area contributed by atoms with Crippen molar-refractivity contribution >= 4 is 5.82 Å². The van der Waals surface area contributed by atoms with Gasteiger partial charge in [0.2, 0.25) is 0 Å². The first kappa shape index (κ1) is 14.7. The minimum absolute atomic E-state index is 0.649. The molecule has 1 atom stereocenters. The number of aromatic nitrogens is 1. The largest absolute Gasteiger partial charge is 0.357 e. The highest BCUT2D eigenvalue weighted by atomic mass is 15.2. The molecule has 2 aliphatic rings. The van der Waals surface area contributed by atoms with E-state index in [-0.39, 0.29) is 0 Å². The number of hydrogen-bond donors (Lipinski definition) is 1. The summed E-state index contributed by atoms with van der Waals surface area (Å²) in [6.45, 7) is 2.22. The third kappa shape index (κ3) is 3.40. The van der Waals surface area contributed by atoms with Gasteiger partial charge in [0.15, 0.2) is 0 Å². The Kier molecular flexibility index (Phi) is 4.29. The van der Waals surface area contributed by atoms with Gasteiger partial charge in [-0.1, -0.05) is 30.3 Å². The Bertz CT molecular complexity index is 632. The van der Waals surface area contributed by atoms with Crippen LogP contribution in [-0.2, 0) is 12.8 Å². The number of aryl methyl sites for hydroxylation is 1. The summed E-state index contributed by atoms with van der Waals surface area (Å²) in [6, 6.07) is 16.4. The van der Waals surface area contributed by atoms with Crippen molar-refractivity contribution in [2.24, 2.45) is 0 Å². The van der Waals surface area contributed by atoms with Crippen LogP contribution in [-0.4, -0.2) is 30.2 Å². The number of piperidine rings is 1. The fourth-order valence-corrected chi connectivity index (χ4v) is 3.99. The first-order valence-electron chi connectivity index (χ1n) is 8.87. The Labute approximate surface area is 138 Å². The number of fused-ring (bicyclic) bond motifs is 1. The van der Waals surface area contributed by atoms with Gasteiger partial charge in [-0.25, -0.2) is 4.98 Å². The molecule has 3 heteroatoms. The molecule has 3 nitrogen and oxygen atoms in total. The number of pyridine rings is 1. The summed E-state index contributed by atoms with van der Waals surface area (Å²) >= 11 is 0. The first-order valence-corrected chi connectivity index (χ1v) is 8.87. The van der Waals surface area contributed by atoms with E-state index in [1.54, 1.807) is 11.1 Å². The quantitative estimate of drug-likeness (QED) is 0.944. The summed E-state index contributed by atoms with van der Waals surface area (Å²) in [5, 5.41) is 3.92. The smallest absolute Gasteiger partial charge is 0.128 e. The van der Waals surface area contributed by atoms with Crippen LogP contribution in [0.25, 0.3) is 0 Å². The van der Waals surface area contributed by atoms with E-state index in [1.807, 2.05) is 12.3 Å². The van der Waals surface area contributed by atoms with E-state index in [0.29, 0.717) is 12.1 Å². The summed E-state index contributed by atoms with van der Waals surface area (Å²) in [7, 11) is 0. The Morgan fingerprint density at radius 2 is 1.65 bits per heavy atom. The molecule has 1 N–H and O–H groups in total. The van der Waals surface area contributed by atoms with Crippen LogP contribution in [0.1, 0.15) is 30.4 Å². The van der Waals surface area contributed by atoms with Crippen molar-refractivity contribution < 1.29 is 0 Å². The lowest BCUT2D eigenvalue weighted by Gasteiger charge is -2.36. The highest BCUT2D eigenvalue weighted by molar-refractivity contribution is 5.38. The first-order chi connectivity index (χ1) is 11.4. The lowest BCUT2D eigenvalue weighted by atomic mass is 9.87. The monoisotopic (exact) mass is 307 g/mol. The van der Waals surface area contributed by atoms with Crippen molar-refractivity contribution in [1.82, 2.24) is 10.3 Å². The third-order valence-corrected chi connectivity index (χ3v) is 5.29. The molecule has 0 amide bonds. The molecule has 1 aliphatic carbocycles. The van der Waals surface area contributed by atoms with Crippen LogP contribution in [0.2, 0.25) is 0 Å². The van der Waals surface area contributed by atoms with Gasteiger partial charge in [-0.05, 0) is 55.4 Å². The van der Waals surface area contributed by atoms with E-state index in [0.717, 1.165) is 18.9 Å². The second-order valence-electron chi connectivity index (χ2n) is 6.82. The molecule has 1 aliphatic heterocycles. The van der Waals surface area contributed by atoms with Crippen molar-refractivity contribution in [2.45, 2.75) is 44.2 Å². The maximum Gasteiger partial charge on any atom is 0.128 e. The zero-order valence-corrected chi connectivity index (χ0v) is 13.6. The SMILES string of the molecule is c1ccc(N2CCC(NC3CCc4ccccc4C3)CC2)nc1. The molecule has 1 aromatic carbocycles. The van der Waals surface area contributed by atoms with Crippen molar-refractivity contribution in [3.8, 4) is 0 Å². The Morgan fingerprint density at radius 1 is 0.870 bits per heavy atom. The molecular weight excluding hydrogens is 282 g/mol. The van der Waals surface area contributed by atoms with Gasteiger partial charge < -0.3 is 10.2 Å². The molecule has 0 bridgehead atoms. The van der Waals surface area contributed by atoms with E-state index in [1.165, 1.54) is 32.1 Å². The van der Waals surface area contributed by atoms with Crippen LogP contribution in [0, 0.1) is 0 Å². The van der Waals surface area contributed by atoms with Gasteiger partial charge in [-0.15, -0.1) is 0 Å². The number of nitrogens with zero attached hydrogens (tertiary/aromatic N) is 2. The van der Waals surface area contributed by atoms with Crippen LogP contribution in [0.3, 0.4) is 0 Å². The van der Waals surface area contributed by atoms with Crippen molar-refractivity contribution in [3.05, 3.63) is 59.8 Å². The van der Waals surface area contributed by atoms with E-state index >= 15 is 0 Å². The normalized spacial score (nSPS) is 21.9. The molecule has 4 rings (SSSR count). The average molecular weight is 307 g/mol. The molecule has 2 aromatic rings. The Balaban J connectivity index is 1.30. The van der Waals surface area contributed by atoms with Gasteiger partial charge in [0.05, 0.1) is 0 Å². The Morgan fingerprint density at radius 3 is 2.43 bits per heavy atom. The van der Waals surface area contributed by atoms with Crippen LogP contribution < -0.4 is 10.2 Å². The van der Waals surface area contributed by atoms with Gasteiger partial charge in [-0.2, -0.15) is 0 Å². The molecule has 1 aromatic heterocycles. The van der Waals surface area contributed by atoms with Gasteiger partial charge >= 0.3 is 0 Å². The summed E-state index contributed by atoms with van der Waals surface area (Å²) in [4.78, 5) is 6.88. The van der Waals surface area contributed by atoms with Crippen molar-refractivity contribution in [3.63, 3.8) is 0 Å². The summed E-state index contributed by atoms with van der Waals surface area (Å²) < 4.78 is 0. The third-order valence-electron chi connectivity index (χ3n) is 5.29. The topological polar surface area (TPSA) is 28.2 Å². The van der Waals surface area contributed by atoms with Gasteiger partial charge in [0.25, 0.3) is 0 Å². The molecule has 120 valence electrons. The maximum atomic E-state index is 4.47. The summed E-state index contributed by atoms with van der Waals surface area (Å²) in [6.07, 6.45) is 8.01. The van der Waals surface area contributed by atoms with E-state index in [9.17, 15) is 0 Å². The predicted octanol–water partition coefficient (Wildman–Crippen LogP) is 3.20. The predicted molar refractivity (Wildman–Crippen MR) is 94.9 cm³/mol. The number of hydrogen-bond acceptors (Lipinski definition) is 3. The van der Waals surface area contributed by atoms with Crippen LogP contribution in [0.5, 0.6) is 0 Å². The summed E-state index contributed by atoms with van der Waals surface area (Å²) in [5.41, 5.74) is 3.10. The molecule has 0 spiro atoms. The molecule has 0 saturated carbocycles. The second kappa shape index (κ2) is 6.71. The molecule has 2 heterocycles. The zero-order valence-electron chi connectivity index (χ0n) is 13.6. The maximum absolute atomic E-state index is 4.47. The highest BCUT2D eigenvalue weighted by Gasteiger charge is 2.24. The lowest BCUT2D eigenvalue weighted by molar-refractivity contribution is 0.345. The minimum atomic E-state index is 0.649. The standard InChI is InChI=1S/C20H25N3/c1-2-6-17-15-19(9-8-16(17)5-1)22-18-10-13-23(14-11-18)20-7-3-4-12-21-20/h1-7,12,18-19,22H,8-11,13-15H2. The molecule has 0 radical (unpaired) electrons. The fraction of sp³-hybridized carbons (Fsp3) is 0.450. The van der Waals surface area contributed by atoms with Crippen LogP contribution in [0.15, 0.2) is 48.7 Å². The van der Waals surface area contributed by atoms with Crippen molar-refractivity contribution in [2.75, 3.05) is 18.0 Å². The number of rotatable bonds is 3. The van der Waals surface area contributed by atoms with Gasteiger partial charge in [0.1, 0.15) is 5.82 Å². The molecule has 1 fully saturated rings. The average Bonchev–Trinajstić information content (AvgIpc) is 2.63. The number of anilines is 1. The van der Waals surface area contributed by atoms with E-state index in [4.69, 9.17) is 0 Å².